The number of aromatic nitrogens is 1. The third-order valence-electron chi connectivity index (χ3n) is 6.07. The average molecular weight is 445 g/mol. The van der Waals surface area contributed by atoms with Gasteiger partial charge < -0.3 is 15.0 Å². The van der Waals surface area contributed by atoms with Gasteiger partial charge in [0.05, 0.1) is 22.7 Å². The van der Waals surface area contributed by atoms with Gasteiger partial charge in [-0.2, -0.15) is 0 Å². The summed E-state index contributed by atoms with van der Waals surface area (Å²) in [7, 11) is 0. The molecule has 1 aromatic heterocycles. The minimum absolute atomic E-state index is 0.129. The van der Waals surface area contributed by atoms with Crippen molar-refractivity contribution in [2.45, 2.75) is 25.4 Å². The van der Waals surface area contributed by atoms with Crippen LogP contribution in [-0.4, -0.2) is 21.6 Å². The first kappa shape index (κ1) is 20.3. The fourth-order valence-electron chi connectivity index (χ4n) is 4.50. The lowest BCUT2D eigenvalue weighted by molar-refractivity contribution is 0.0696. The molecule has 0 spiro atoms. The van der Waals surface area contributed by atoms with E-state index >= 15 is 0 Å². The number of carboxylic acid groups (broad SMARTS) is 1. The van der Waals surface area contributed by atoms with Crippen molar-refractivity contribution in [1.82, 2.24) is 9.88 Å². The first-order valence-corrected chi connectivity index (χ1v) is 10.9. The Balaban J connectivity index is 1.43. The summed E-state index contributed by atoms with van der Waals surface area (Å²) in [5, 5.41) is 14.1. The lowest BCUT2D eigenvalue weighted by atomic mass is 10.0. The molecule has 160 valence electrons. The van der Waals surface area contributed by atoms with Gasteiger partial charge >= 0.3 is 5.97 Å². The maximum absolute atomic E-state index is 13.3. The number of nitrogens with one attached hydrogen (secondary N) is 1. The number of nitrogens with zero attached hydrogens (tertiary/aromatic N) is 1. The summed E-state index contributed by atoms with van der Waals surface area (Å²) in [6.07, 6.45) is 3.50. The van der Waals surface area contributed by atoms with E-state index in [4.69, 9.17) is 11.6 Å². The highest BCUT2D eigenvalue weighted by atomic mass is 35.5. The molecule has 1 atom stereocenters. The molecular formula is C26H21ClN2O3. The van der Waals surface area contributed by atoms with E-state index in [-0.39, 0.29) is 17.5 Å². The molecule has 0 bridgehead atoms. The van der Waals surface area contributed by atoms with Crippen molar-refractivity contribution in [3.8, 4) is 0 Å². The van der Waals surface area contributed by atoms with Crippen molar-refractivity contribution in [1.29, 1.82) is 0 Å². The highest BCUT2D eigenvalue weighted by molar-refractivity contribution is 6.30. The molecule has 2 N–H and O–H groups in total. The first-order chi connectivity index (χ1) is 15.5. The van der Waals surface area contributed by atoms with Crippen LogP contribution >= 0.6 is 11.6 Å². The molecule has 4 aromatic rings. The second kappa shape index (κ2) is 8.17. The Bertz CT molecular complexity index is 1340. The monoisotopic (exact) mass is 444 g/mol. The van der Waals surface area contributed by atoms with E-state index in [0.717, 1.165) is 40.4 Å². The molecule has 32 heavy (non-hydrogen) atoms. The number of halogens is 1. The van der Waals surface area contributed by atoms with Gasteiger partial charge in [0, 0.05) is 23.2 Å². The molecule has 1 unspecified atom stereocenters. The predicted molar refractivity (Wildman–Crippen MR) is 124 cm³/mol. The number of hydrogen-bond donors (Lipinski definition) is 2. The van der Waals surface area contributed by atoms with Crippen LogP contribution in [0.2, 0.25) is 5.02 Å². The molecule has 1 amide bonds. The van der Waals surface area contributed by atoms with Gasteiger partial charge in [-0.25, -0.2) is 4.79 Å². The number of hydrogen-bond acceptors (Lipinski definition) is 2. The maximum Gasteiger partial charge on any atom is 0.335 e. The second-order valence-corrected chi connectivity index (χ2v) is 8.53. The second-order valence-electron chi connectivity index (χ2n) is 8.10. The number of aryl methyl sites for hydroxylation is 1. The topological polar surface area (TPSA) is 71.3 Å². The van der Waals surface area contributed by atoms with E-state index < -0.39 is 5.97 Å². The van der Waals surface area contributed by atoms with Crippen LogP contribution in [0.5, 0.6) is 0 Å². The quantitative estimate of drug-likeness (QED) is 0.429. The fourth-order valence-corrected chi connectivity index (χ4v) is 4.63. The van der Waals surface area contributed by atoms with Crippen molar-refractivity contribution < 1.29 is 14.7 Å². The van der Waals surface area contributed by atoms with Crippen LogP contribution in [0.25, 0.3) is 10.9 Å². The Morgan fingerprint density at radius 3 is 2.66 bits per heavy atom. The number of aromatic carboxylic acids is 1. The molecule has 6 heteroatoms. The Kier molecular flexibility index (Phi) is 5.19. The zero-order valence-electron chi connectivity index (χ0n) is 17.2. The molecule has 0 aliphatic heterocycles. The van der Waals surface area contributed by atoms with E-state index in [0.29, 0.717) is 17.1 Å². The maximum atomic E-state index is 13.3. The van der Waals surface area contributed by atoms with Gasteiger partial charge in [0.1, 0.15) is 0 Å². The standard InChI is InChI=1S/C26H21ClN2O3/c27-20-8-4-16(5-9-20)15-29-13-12-17-2-1-3-22(24(17)29)25(30)28-23-11-7-18-14-19(26(31)32)6-10-21(18)23/h1-6,8-10,12-14,23H,7,11,15H2,(H,28,30)(H,31,32). The van der Waals surface area contributed by atoms with Crippen LogP contribution in [0, 0.1) is 0 Å². The summed E-state index contributed by atoms with van der Waals surface area (Å²) in [4.78, 5) is 24.6. The van der Waals surface area contributed by atoms with Gasteiger partial charge in [0.25, 0.3) is 5.91 Å². The van der Waals surface area contributed by atoms with Crippen LogP contribution in [-0.2, 0) is 13.0 Å². The minimum atomic E-state index is -0.937. The Labute approximate surface area is 190 Å². The number of rotatable bonds is 5. The van der Waals surface area contributed by atoms with Gasteiger partial charge in [-0.1, -0.05) is 41.9 Å². The average Bonchev–Trinajstić information content (AvgIpc) is 3.39. The van der Waals surface area contributed by atoms with Crippen LogP contribution in [0.1, 0.15) is 49.9 Å². The molecular weight excluding hydrogens is 424 g/mol. The lowest BCUT2D eigenvalue weighted by Gasteiger charge is -2.16. The molecule has 1 aliphatic carbocycles. The third kappa shape index (κ3) is 3.76. The lowest BCUT2D eigenvalue weighted by Crippen LogP contribution is -2.27. The van der Waals surface area contributed by atoms with E-state index in [9.17, 15) is 14.7 Å². The van der Waals surface area contributed by atoms with Crippen molar-refractivity contribution in [2.75, 3.05) is 0 Å². The van der Waals surface area contributed by atoms with E-state index in [1.54, 1.807) is 12.1 Å². The molecule has 5 rings (SSSR count). The van der Waals surface area contributed by atoms with Gasteiger partial charge in [0.15, 0.2) is 0 Å². The van der Waals surface area contributed by atoms with Crippen molar-refractivity contribution in [3.05, 3.63) is 106 Å². The third-order valence-corrected chi connectivity index (χ3v) is 6.32. The summed E-state index contributed by atoms with van der Waals surface area (Å²) >= 11 is 6.01. The predicted octanol–water partition coefficient (Wildman–Crippen LogP) is 5.46. The fraction of sp³-hybridized carbons (Fsp3) is 0.154. The van der Waals surface area contributed by atoms with Crippen LogP contribution in [0.15, 0.2) is 72.9 Å². The van der Waals surface area contributed by atoms with Crippen molar-refractivity contribution in [3.63, 3.8) is 0 Å². The number of carbonyl (C=O) groups is 2. The number of carbonyl (C=O) groups excluding carboxylic acids is 1. The zero-order valence-corrected chi connectivity index (χ0v) is 18.0. The van der Waals surface area contributed by atoms with Crippen LogP contribution in [0.4, 0.5) is 0 Å². The van der Waals surface area contributed by atoms with E-state index in [1.165, 1.54) is 0 Å². The molecule has 0 saturated carbocycles. The summed E-state index contributed by atoms with van der Waals surface area (Å²) in [5.41, 5.74) is 4.87. The first-order valence-electron chi connectivity index (χ1n) is 10.5. The van der Waals surface area contributed by atoms with Crippen molar-refractivity contribution in [2.24, 2.45) is 0 Å². The molecule has 1 aliphatic rings. The number of fused-ring (bicyclic) bond motifs is 2. The number of carboxylic acids is 1. The molecule has 3 aromatic carbocycles. The smallest absolute Gasteiger partial charge is 0.335 e. The van der Waals surface area contributed by atoms with Crippen molar-refractivity contribution >= 4 is 34.4 Å². The van der Waals surface area contributed by atoms with Gasteiger partial charge in [0.2, 0.25) is 0 Å². The molecule has 0 radical (unpaired) electrons. The SMILES string of the molecule is O=C(O)c1ccc2c(c1)CCC2NC(=O)c1cccc2ccn(Cc3ccc(Cl)cc3)c12. The Morgan fingerprint density at radius 1 is 1.06 bits per heavy atom. The van der Waals surface area contributed by atoms with Crippen LogP contribution in [0.3, 0.4) is 0 Å². The largest absolute Gasteiger partial charge is 0.478 e. The summed E-state index contributed by atoms with van der Waals surface area (Å²) < 4.78 is 2.08. The van der Waals surface area contributed by atoms with Crippen LogP contribution < -0.4 is 5.32 Å². The Morgan fingerprint density at radius 2 is 1.88 bits per heavy atom. The number of benzene rings is 3. The Hall–Kier alpha value is -3.57. The zero-order chi connectivity index (χ0) is 22.2. The van der Waals surface area contributed by atoms with Gasteiger partial charge in [-0.15, -0.1) is 0 Å². The van der Waals surface area contributed by atoms with Gasteiger partial charge in [-0.05, 0) is 65.9 Å². The summed E-state index contributed by atoms with van der Waals surface area (Å²) in [6, 6.07) is 20.5. The highest BCUT2D eigenvalue weighted by Gasteiger charge is 2.26. The number of amides is 1. The highest BCUT2D eigenvalue weighted by Crippen LogP contribution is 2.32. The van der Waals surface area contributed by atoms with Gasteiger partial charge in [-0.3, -0.25) is 4.79 Å². The minimum Gasteiger partial charge on any atom is -0.478 e. The molecule has 5 nitrogen and oxygen atoms in total. The molecule has 0 fully saturated rings. The molecule has 0 saturated heterocycles. The number of para-hydroxylation sites is 1. The molecule has 1 heterocycles. The normalized spacial score (nSPS) is 15.0. The van der Waals surface area contributed by atoms with E-state index in [1.807, 2.05) is 60.8 Å². The summed E-state index contributed by atoms with van der Waals surface area (Å²) in [6.45, 7) is 0.634. The van der Waals surface area contributed by atoms with E-state index in [2.05, 4.69) is 9.88 Å². The summed E-state index contributed by atoms with van der Waals surface area (Å²) in [5.74, 6) is -1.07.